The van der Waals surface area contributed by atoms with E-state index in [0.717, 1.165) is 19.3 Å². The first kappa shape index (κ1) is 13.4. The Bertz CT molecular complexity index is 162. The lowest BCUT2D eigenvalue weighted by Crippen LogP contribution is -2.44. The van der Waals surface area contributed by atoms with Crippen LogP contribution in [0.4, 0.5) is 0 Å². The first-order chi connectivity index (χ1) is 6.63. The van der Waals surface area contributed by atoms with Crippen LogP contribution < -0.4 is 11.1 Å². The van der Waals surface area contributed by atoms with E-state index in [9.17, 15) is 4.79 Å². The maximum atomic E-state index is 11.4. The Morgan fingerprint density at radius 3 is 2.64 bits per heavy atom. The molecule has 4 N–H and O–H groups in total. The van der Waals surface area contributed by atoms with Crippen molar-refractivity contribution in [2.75, 3.05) is 13.2 Å². The molecule has 0 radical (unpaired) electrons. The van der Waals surface area contributed by atoms with Crippen molar-refractivity contribution in [2.24, 2.45) is 11.7 Å². The number of hydrogen-bond acceptors (Lipinski definition) is 3. The van der Waals surface area contributed by atoms with Gasteiger partial charge in [0.05, 0.1) is 6.04 Å². The van der Waals surface area contributed by atoms with Crippen molar-refractivity contribution in [3.63, 3.8) is 0 Å². The molecule has 1 amide bonds. The lowest BCUT2D eigenvalue weighted by atomic mass is 9.99. The fraction of sp³-hybridized carbons (Fsp3) is 0.900. The average Bonchev–Trinajstić information content (AvgIpc) is 2.21. The Kier molecular flexibility index (Phi) is 7.42. The highest BCUT2D eigenvalue weighted by molar-refractivity contribution is 5.81. The second-order valence-electron chi connectivity index (χ2n) is 3.63. The van der Waals surface area contributed by atoms with Crippen LogP contribution in [0.2, 0.25) is 0 Å². The van der Waals surface area contributed by atoms with Crippen molar-refractivity contribution in [2.45, 2.75) is 39.2 Å². The topological polar surface area (TPSA) is 75.4 Å². The molecule has 0 aliphatic rings. The van der Waals surface area contributed by atoms with Crippen LogP contribution in [0.3, 0.4) is 0 Å². The summed E-state index contributed by atoms with van der Waals surface area (Å²) in [6, 6.07) is -0.408. The van der Waals surface area contributed by atoms with Crippen LogP contribution >= 0.6 is 0 Å². The minimum atomic E-state index is -0.408. The molecule has 14 heavy (non-hydrogen) atoms. The number of unbranched alkanes of at least 4 members (excludes halogenated alkanes) is 1. The third kappa shape index (κ3) is 5.19. The standard InChI is InChI=1S/C10H22N2O2/c1-3-8(2)9(11)10(14)12-6-4-5-7-13/h8-9,13H,3-7,11H2,1-2H3,(H,12,14)/t8-,9-/m0/s1. The van der Waals surface area contributed by atoms with E-state index in [4.69, 9.17) is 10.8 Å². The predicted molar refractivity (Wildman–Crippen MR) is 56.8 cm³/mol. The van der Waals surface area contributed by atoms with Crippen LogP contribution in [-0.4, -0.2) is 30.2 Å². The summed E-state index contributed by atoms with van der Waals surface area (Å²) in [4.78, 5) is 11.4. The van der Waals surface area contributed by atoms with Crippen molar-refractivity contribution in [3.05, 3.63) is 0 Å². The molecular formula is C10H22N2O2. The van der Waals surface area contributed by atoms with E-state index in [2.05, 4.69) is 5.32 Å². The first-order valence-corrected chi connectivity index (χ1v) is 5.27. The molecule has 0 rings (SSSR count). The van der Waals surface area contributed by atoms with E-state index in [1.54, 1.807) is 0 Å². The maximum Gasteiger partial charge on any atom is 0.237 e. The molecule has 0 aromatic heterocycles. The molecule has 0 aliphatic heterocycles. The van der Waals surface area contributed by atoms with Gasteiger partial charge in [0, 0.05) is 13.2 Å². The normalized spacial score (nSPS) is 14.9. The summed E-state index contributed by atoms with van der Waals surface area (Å²) in [6.07, 6.45) is 2.43. The number of nitrogens with one attached hydrogen (secondary N) is 1. The van der Waals surface area contributed by atoms with Crippen molar-refractivity contribution < 1.29 is 9.90 Å². The van der Waals surface area contributed by atoms with Gasteiger partial charge in [-0.25, -0.2) is 0 Å². The van der Waals surface area contributed by atoms with Crippen LogP contribution in [0.15, 0.2) is 0 Å². The molecular weight excluding hydrogens is 180 g/mol. The van der Waals surface area contributed by atoms with Gasteiger partial charge < -0.3 is 16.2 Å². The number of hydrogen-bond donors (Lipinski definition) is 3. The highest BCUT2D eigenvalue weighted by Crippen LogP contribution is 2.04. The molecule has 2 atom stereocenters. The van der Waals surface area contributed by atoms with Gasteiger partial charge in [-0.05, 0) is 18.8 Å². The quantitative estimate of drug-likeness (QED) is 0.518. The van der Waals surface area contributed by atoms with Gasteiger partial charge in [-0.3, -0.25) is 4.79 Å². The zero-order chi connectivity index (χ0) is 11.0. The van der Waals surface area contributed by atoms with Crippen LogP contribution in [-0.2, 0) is 4.79 Å². The molecule has 0 bridgehead atoms. The Labute approximate surface area is 85.9 Å². The largest absolute Gasteiger partial charge is 0.396 e. The molecule has 0 aromatic rings. The number of carbonyl (C=O) groups excluding carboxylic acids is 1. The van der Waals surface area contributed by atoms with E-state index in [1.165, 1.54) is 0 Å². The van der Waals surface area contributed by atoms with Gasteiger partial charge in [0.25, 0.3) is 0 Å². The van der Waals surface area contributed by atoms with E-state index in [1.807, 2.05) is 13.8 Å². The maximum absolute atomic E-state index is 11.4. The minimum Gasteiger partial charge on any atom is -0.396 e. The van der Waals surface area contributed by atoms with Gasteiger partial charge >= 0.3 is 0 Å². The molecule has 0 spiro atoms. The molecule has 0 aromatic carbocycles. The van der Waals surface area contributed by atoms with Crippen molar-refractivity contribution in [1.82, 2.24) is 5.32 Å². The van der Waals surface area contributed by atoms with Gasteiger partial charge in [-0.1, -0.05) is 20.3 Å². The Morgan fingerprint density at radius 2 is 2.14 bits per heavy atom. The monoisotopic (exact) mass is 202 g/mol. The summed E-state index contributed by atoms with van der Waals surface area (Å²) in [5.41, 5.74) is 5.72. The van der Waals surface area contributed by atoms with Crippen LogP contribution in [0.5, 0.6) is 0 Å². The Morgan fingerprint density at radius 1 is 1.50 bits per heavy atom. The zero-order valence-electron chi connectivity index (χ0n) is 9.12. The summed E-state index contributed by atoms with van der Waals surface area (Å²) in [6.45, 7) is 4.76. The summed E-state index contributed by atoms with van der Waals surface area (Å²) < 4.78 is 0. The summed E-state index contributed by atoms with van der Waals surface area (Å²) in [5.74, 6) is 0.130. The van der Waals surface area contributed by atoms with Crippen LogP contribution in [0, 0.1) is 5.92 Å². The molecule has 0 saturated carbocycles. The number of carbonyl (C=O) groups is 1. The number of nitrogens with two attached hydrogens (primary N) is 1. The van der Waals surface area contributed by atoms with Crippen LogP contribution in [0.1, 0.15) is 33.1 Å². The zero-order valence-corrected chi connectivity index (χ0v) is 9.12. The smallest absolute Gasteiger partial charge is 0.237 e. The van der Waals surface area contributed by atoms with Gasteiger partial charge in [-0.15, -0.1) is 0 Å². The minimum absolute atomic E-state index is 0.0858. The molecule has 84 valence electrons. The Balaban J connectivity index is 3.62. The summed E-state index contributed by atoms with van der Waals surface area (Å²) >= 11 is 0. The van der Waals surface area contributed by atoms with Gasteiger partial charge in [-0.2, -0.15) is 0 Å². The number of amides is 1. The average molecular weight is 202 g/mol. The molecule has 4 nitrogen and oxygen atoms in total. The molecule has 4 heteroatoms. The van der Waals surface area contributed by atoms with Crippen molar-refractivity contribution in [1.29, 1.82) is 0 Å². The molecule has 0 unspecified atom stereocenters. The first-order valence-electron chi connectivity index (χ1n) is 5.27. The van der Waals surface area contributed by atoms with E-state index >= 15 is 0 Å². The fourth-order valence-electron chi connectivity index (χ4n) is 1.08. The summed E-state index contributed by atoms with van der Waals surface area (Å²) in [5, 5.41) is 11.3. The fourth-order valence-corrected chi connectivity index (χ4v) is 1.08. The number of rotatable bonds is 7. The van der Waals surface area contributed by atoms with Gasteiger partial charge in [0.2, 0.25) is 5.91 Å². The highest BCUT2D eigenvalue weighted by Gasteiger charge is 2.18. The SMILES string of the molecule is CC[C@H](C)[C@H](N)C(=O)NCCCCO. The Hall–Kier alpha value is -0.610. The van der Waals surface area contributed by atoms with E-state index in [0.29, 0.717) is 6.54 Å². The number of aliphatic hydroxyl groups is 1. The lowest BCUT2D eigenvalue weighted by molar-refractivity contribution is -0.123. The number of aliphatic hydroxyl groups excluding tert-OH is 1. The third-order valence-electron chi connectivity index (χ3n) is 2.44. The molecule has 0 fully saturated rings. The second-order valence-corrected chi connectivity index (χ2v) is 3.63. The van der Waals surface area contributed by atoms with E-state index in [-0.39, 0.29) is 18.4 Å². The van der Waals surface area contributed by atoms with Gasteiger partial charge in [0.1, 0.15) is 0 Å². The highest BCUT2D eigenvalue weighted by atomic mass is 16.2. The third-order valence-corrected chi connectivity index (χ3v) is 2.44. The molecule has 0 saturated heterocycles. The lowest BCUT2D eigenvalue weighted by Gasteiger charge is -2.17. The van der Waals surface area contributed by atoms with Crippen LogP contribution in [0.25, 0.3) is 0 Å². The molecule has 0 aliphatic carbocycles. The molecule has 0 heterocycles. The van der Waals surface area contributed by atoms with Crippen molar-refractivity contribution >= 4 is 5.91 Å². The van der Waals surface area contributed by atoms with Gasteiger partial charge in [0.15, 0.2) is 0 Å². The van der Waals surface area contributed by atoms with Crippen molar-refractivity contribution in [3.8, 4) is 0 Å². The van der Waals surface area contributed by atoms with E-state index < -0.39 is 6.04 Å². The summed E-state index contributed by atoms with van der Waals surface area (Å²) in [7, 11) is 0. The second kappa shape index (κ2) is 7.76. The predicted octanol–water partition coefficient (Wildman–Crippen LogP) is 0.249.